The molecule has 0 aliphatic carbocycles. The molecule has 0 saturated carbocycles. The molecule has 0 aromatic heterocycles. The summed E-state index contributed by atoms with van der Waals surface area (Å²) < 4.78 is 33.6. The number of sulfone groups is 1. The van der Waals surface area contributed by atoms with E-state index in [0.717, 1.165) is 11.8 Å². The van der Waals surface area contributed by atoms with Crippen LogP contribution in [-0.2, 0) is 16.4 Å². The Kier molecular flexibility index (Phi) is 6.03. The molecule has 0 radical (unpaired) electrons. The molecule has 0 bridgehead atoms. The molecule has 0 spiro atoms. The van der Waals surface area contributed by atoms with Crippen LogP contribution in [0.5, 0.6) is 11.5 Å². The zero-order valence-electron chi connectivity index (χ0n) is 14.4. The third kappa shape index (κ3) is 4.96. The van der Waals surface area contributed by atoms with E-state index in [9.17, 15) is 13.2 Å². The minimum absolute atomic E-state index is 0.181. The number of hydrogen-bond acceptors (Lipinski definition) is 5. The van der Waals surface area contributed by atoms with Crippen LogP contribution in [0.25, 0.3) is 0 Å². The lowest BCUT2D eigenvalue weighted by molar-refractivity contribution is 0.0950. The van der Waals surface area contributed by atoms with Gasteiger partial charge in [0.1, 0.15) is 0 Å². The minimum atomic E-state index is -3.27. The number of carbonyl (C=O) groups is 1. The van der Waals surface area contributed by atoms with Crippen molar-refractivity contribution in [1.29, 1.82) is 0 Å². The summed E-state index contributed by atoms with van der Waals surface area (Å²) in [6, 6.07) is 11.3. The second kappa shape index (κ2) is 8.02. The van der Waals surface area contributed by atoms with Crippen LogP contribution in [0.4, 0.5) is 0 Å². The monoisotopic (exact) mass is 363 g/mol. The Hall–Kier alpha value is -2.54. The van der Waals surface area contributed by atoms with Gasteiger partial charge >= 0.3 is 0 Å². The Bertz CT molecular complexity index is 844. The summed E-state index contributed by atoms with van der Waals surface area (Å²) in [5.41, 5.74) is 1.26. The zero-order chi connectivity index (χ0) is 18.4. The predicted octanol–water partition coefficient (Wildman–Crippen LogP) is 2.43. The van der Waals surface area contributed by atoms with Gasteiger partial charge in [0.25, 0.3) is 5.91 Å². The van der Waals surface area contributed by atoms with E-state index < -0.39 is 9.84 Å². The van der Waals surface area contributed by atoms with Crippen LogP contribution in [0.3, 0.4) is 0 Å². The van der Waals surface area contributed by atoms with Gasteiger partial charge in [-0.05, 0) is 48.9 Å². The van der Waals surface area contributed by atoms with Crippen molar-refractivity contribution in [3.8, 4) is 11.5 Å². The van der Waals surface area contributed by atoms with Crippen molar-refractivity contribution in [2.45, 2.75) is 18.4 Å². The lowest BCUT2D eigenvalue weighted by Crippen LogP contribution is -2.22. The van der Waals surface area contributed by atoms with Crippen LogP contribution < -0.4 is 14.8 Å². The molecule has 25 heavy (non-hydrogen) atoms. The number of nitrogens with one attached hydrogen (secondary N) is 1. The Morgan fingerprint density at radius 3 is 2.32 bits per heavy atom. The molecule has 2 aromatic rings. The van der Waals surface area contributed by atoms with E-state index in [-0.39, 0.29) is 10.8 Å². The number of rotatable bonds is 7. The van der Waals surface area contributed by atoms with Crippen LogP contribution in [0.15, 0.2) is 47.4 Å². The van der Waals surface area contributed by atoms with Crippen molar-refractivity contribution in [2.24, 2.45) is 0 Å². The number of ether oxygens (including phenoxy) is 2. The normalized spacial score (nSPS) is 11.0. The van der Waals surface area contributed by atoms with E-state index in [1.807, 2.05) is 13.0 Å². The molecular weight excluding hydrogens is 342 g/mol. The molecule has 0 atom stereocenters. The molecule has 0 heterocycles. The molecular formula is C18H21NO5S. The molecule has 6 nitrogen and oxygen atoms in total. The fourth-order valence-corrected chi connectivity index (χ4v) is 2.87. The van der Waals surface area contributed by atoms with Crippen molar-refractivity contribution in [1.82, 2.24) is 5.32 Å². The number of methoxy groups -OCH3 is 1. The standard InChI is InChI=1S/C18H21NO5S/c1-4-24-16-10-5-13(11-17(16)23-2)12-19-18(20)14-6-8-15(9-7-14)25(3,21)22/h5-11H,4,12H2,1-3H3,(H,19,20). The first kappa shape index (κ1) is 18.8. The first-order valence-electron chi connectivity index (χ1n) is 7.73. The Balaban J connectivity index is 2.04. The van der Waals surface area contributed by atoms with Crippen LogP contribution >= 0.6 is 0 Å². The highest BCUT2D eigenvalue weighted by atomic mass is 32.2. The summed E-state index contributed by atoms with van der Waals surface area (Å²) in [7, 11) is -1.72. The molecule has 7 heteroatoms. The average Bonchev–Trinajstić information content (AvgIpc) is 2.60. The Morgan fingerprint density at radius 2 is 1.76 bits per heavy atom. The highest BCUT2D eigenvalue weighted by molar-refractivity contribution is 7.90. The van der Waals surface area contributed by atoms with Gasteiger partial charge in [0.2, 0.25) is 0 Å². The molecule has 2 rings (SSSR count). The molecule has 0 aliphatic heterocycles. The predicted molar refractivity (Wildman–Crippen MR) is 94.9 cm³/mol. The number of amides is 1. The van der Waals surface area contributed by atoms with Gasteiger partial charge in [-0.2, -0.15) is 0 Å². The fourth-order valence-electron chi connectivity index (χ4n) is 2.23. The van der Waals surface area contributed by atoms with Gasteiger partial charge < -0.3 is 14.8 Å². The van der Waals surface area contributed by atoms with Crippen molar-refractivity contribution in [2.75, 3.05) is 20.0 Å². The van der Waals surface area contributed by atoms with Crippen molar-refractivity contribution < 1.29 is 22.7 Å². The number of hydrogen-bond donors (Lipinski definition) is 1. The van der Waals surface area contributed by atoms with E-state index in [2.05, 4.69) is 5.32 Å². The fraction of sp³-hybridized carbons (Fsp3) is 0.278. The van der Waals surface area contributed by atoms with E-state index >= 15 is 0 Å². The second-order valence-electron chi connectivity index (χ2n) is 5.40. The van der Waals surface area contributed by atoms with Gasteiger partial charge in [0.05, 0.1) is 18.6 Å². The van der Waals surface area contributed by atoms with Crippen molar-refractivity contribution in [3.63, 3.8) is 0 Å². The van der Waals surface area contributed by atoms with Crippen LogP contribution in [0.2, 0.25) is 0 Å². The van der Waals surface area contributed by atoms with Gasteiger partial charge in [-0.15, -0.1) is 0 Å². The largest absolute Gasteiger partial charge is 0.493 e. The van der Waals surface area contributed by atoms with E-state index in [4.69, 9.17) is 9.47 Å². The van der Waals surface area contributed by atoms with E-state index in [0.29, 0.717) is 30.2 Å². The van der Waals surface area contributed by atoms with Gasteiger partial charge in [0.15, 0.2) is 21.3 Å². The summed E-state index contributed by atoms with van der Waals surface area (Å²) in [6.45, 7) is 2.74. The molecule has 0 unspecified atom stereocenters. The number of benzene rings is 2. The lowest BCUT2D eigenvalue weighted by Gasteiger charge is -2.11. The summed E-state index contributed by atoms with van der Waals surface area (Å²) in [5.74, 6) is 0.968. The topological polar surface area (TPSA) is 81.7 Å². The quantitative estimate of drug-likeness (QED) is 0.817. The molecule has 1 amide bonds. The molecule has 1 N–H and O–H groups in total. The Morgan fingerprint density at radius 1 is 1.08 bits per heavy atom. The van der Waals surface area contributed by atoms with E-state index in [1.165, 1.54) is 24.3 Å². The van der Waals surface area contributed by atoms with Crippen molar-refractivity contribution in [3.05, 3.63) is 53.6 Å². The molecule has 134 valence electrons. The summed E-state index contributed by atoms with van der Waals surface area (Å²) >= 11 is 0. The van der Waals surface area contributed by atoms with Gasteiger partial charge in [0, 0.05) is 18.4 Å². The third-order valence-electron chi connectivity index (χ3n) is 3.53. The molecule has 0 fully saturated rings. The SMILES string of the molecule is CCOc1ccc(CNC(=O)c2ccc(S(C)(=O)=O)cc2)cc1OC. The highest BCUT2D eigenvalue weighted by Gasteiger charge is 2.11. The summed E-state index contributed by atoms with van der Waals surface area (Å²) in [4.78, 5) is 12.4. The van der Waals surface area contributed by atoms with Gasteiger partial charge in [-0.25, -0.2) is 8.42 Å². The van der Waals surface area contributed by atoms with Gasteiger partial charge in [-0.1, -0.05) is 6.07 Å². The maximum absolute atomic E-state index is 12.2. The smallest absolute Gasteiger partial charge is 0.251 e. The molecule has 0 saturated heterocycles. The van der Waals surface area contributed by atoms with Crippen molar-refractivity contribution >= 4 is 15.7 Å². The summed E-state index contributed by atoms with van der Waals surface area (Å²) in [5, 5.41) is 2.79. The summed E-state index contributed by atoms with van der Waals surface area (Å²) in [6.07, 6.45) is 1.13. The van der Waals surface area contributed by atoms with Crippen LogP contribution in [0, 0.1) is 0 Å². The first-order valence-corrected chi connectivity index (χ1v) is 9.62. The lowest BCUT2D eigenvalue weighted by atomic mass is 10.1. The first-order chi connectivity index (χ1) is 11.8. The second-order valence-corrected chi connectivity index (χ2v) is 7.41. The van der Waals surface area contributed by atoms with Gasteiger partial charge in [-0.3, -0.25) is 4.79 Å². The average molecular weight is 363 g/mol. The molecule has 2 aromatic carbocycles. The van der Waals surface area contributed by atoms with E-state index in [1.54, 1.807) is 19.2 Å². The molecule has 0 aliphatic rings. The Labute approximate surface area is 147 Å². The number of carbonyl (C=O) groups excluding carboxylic acids is 1. The third-order valence-corrected chi connectivity index (χ3v) is 4.65. The minimum Gasteiger partial charge on any atom is -0.493 e. The maximum Gasteiger partial charge on any atom is 0.251 e. The highest BCUT2D eigenvalue weighted by Crippen LogP contribution is 2.28. The van der Waals surface area contributed by atoms with Crippen LogP contribution in [0.1, 0.15) is 22.8 Å². The zero-order valence-corrected chi connectivity index (χ0v) is 15.2. The maximum atomic E-state index is 12.2. The van der Waals surface area contributed by atoms with Crippen LogP contribution in [-0.4, -0.2) is 34.3 Å².